The van der Waals surface area contributed by atoms with Crippen LogP contribution in [0.25, 0.3) is 0 Å². The van der Waals surface area contributed by atoms with Crippen LogP contribution in [-0.2, 0) is 10.0 Å². The van der Waals surface area contributed by atoms with Crippen LogP contribution in [0.5, 0.6) is 11.5 Å². The van der Waals surface area contributed by atoms with E-state index in [1.165, 1.54) is 31.2 Å². The molecule has 2 aliphatic rings. The molecule has 8 heteroatoms. The second-order valence-electron chi connectivity index (χ2n) is 6.47. The van der Waals surface area contributed by atoms with Crippen molar-refractivity contribution in [2.45, 2.75) is 36.6 Å². The SMILES string of the molecule is O=S(=O)(Nc1ccc(NC2CCCC2)nc1)c1ccc2c(c1)OCCO2. The molecular formula is C18H21N3O4S. The van der Waals surface area contributed by atoms with Crippen LogP contribution >= 0.6 is 0 Å². The molecule has 1 saturated carbocycles. The number of nitrogens with one attached hydrogen (secondary N) is 2. The largest absolute Gasteiger partial charge is 0.486 e. The van der Waals surface area contributed by atoms with E-state index in [4.69, 9.17) is 9.47 Å². The van der Waals surface area contributed by atoms with Crippen molar-refractivity contribution in [1.82, 2.24) is 4.98 Å². The predicted octanol–water partition coefficient (Wildman–Crippen LogP) is 3.01. The summed E-state index contributed by atoms with van der Waals surface area (Å²) in [6, 6.07) is 8.54. The molecule has 2 N–H and O–H groups in total. The number of hydrogen-bond acceptors (Lipinski definition) is 6. The van der Waals surface area contributed by atoms with Crippen LogP contribution in [0.4, 0.5) is 11.5 Å². The van der Waals surface area contributed by atoms with Gasteiger partial charge in [-0.25, -0.2) is 13.4 Å². The lowest BCUT2D eigenvalue weighted by molar-refractivity contribution is 0.171. The van der Waals surface area contributed by atoms with Crippen LogP contribution in [0, 0.1) is 0 Å². The van der Waals surface area contributed by atoms with Crippen molar-refractivity contribution in [2.24, 2.45) is 0 Å². The Kier molecular flexibility index (Phi) is 4.58. The molecule has 1 aromatic carbocycles. The summed E-state index contributed by atoms with van der Waals surface area (Å²) < 4.78 is 38.6. The molecular weight excluding hydrogens is 354 g/mol. The van der Waals surface area contributed by atoms with Crippen LogP contribution in [0.1, 0.15) is 25.7 Å². The van der Waals surface area contributed by atoms with E-state index in [9.17, 15) is 8.42 Å². The highest BCUT2D eigenvalue weighted by atomic mass is 32.2. The first-order valence-electron chi connectivity index (χ1n) is 8.75. The van der Waals surface area contributed by atoms with Crippen molar-refractivity contribution < 1.29 is 17.9 Å². The fourth-order valence-electron chi connectivity index (χ4n) is 3.22. The highest BCUT2D eigenvalue weighted by Crippen LogP contribution is 2.32. The molecule has 138 valence electrons. The van der Waals surface area contributed by atoms with Crippen molar-refractivity contribution in [1.29, 1.82) is 0 Å². The monoisotopic (exact) mass is 375 g/mol. The van der Waals surface area contributed by atoms with E-state index >= 15 is 0 Å². The summed E-state index contributed by atoms with van der Waals surface area (Å²) in [4.78, 5) is 4.43. The third-order valence-corrected chi connectivity index (χ3v) is 5.93. The van der Waals surface area contributed by atoms with Gasteiger partial charge in [-0.05, 0) is 37.1 Å². The van der Waals surface area contributed by atoms with Gasteiger partial charge in [0.15, 0.2) is 11.5 Å². The molecule has 0 atom stereocenters. The number of rotatable bonds is 5. The summed E-state index contributed by atoms with van der Waals surface area (Å²) >= 11 is 0. The first-order chi connectivity index (χ1) is 12.6. The minimum absolute atomic E-state index is 0.120. The van der Waals surface area contributed by atoms with Gasteiger partial charge in [-0.15, -0.1) is 0 Å². The predicted molar refractivity (Wildman–Crippen MR) is 98.4 cm³/mol. The molecule has 0 amide bonds. The summed E-state index contributed by atoms with van der Waals surface area (Å²) in [5.74, 6) is 1.76. The van der Waals surface area contributed by atoms with Gasteiger partial charge in [0.05, 0.1) is 16.8 Å². The van der Waals surface area contributed by atoms with E-state index in [1.807, 2.05) is 0 Å². The molecule has 1 aliphatic heterocycles. The second-order valence-corrected chi connectivity index (χ2v) is 8.15. The number of anilines is 2. The summed E-state index contributed by atoms with van der Waals surface area (Å²) in [5.41, 5.74) is 0.414. The zero-order valence-corrected chi connectivity index (χ0v) is 15.1. The van der Waals surface area contributed by atoms with Gasteiger partial charge < -0.3 is 14.8 Å². The van der Waals surface area contributed by atoms with Gasteiger partial charge in [0.25, 0.3) is 10.0 Å². The van der Waals surface area contributed by atoms with E-state index in [-0.39, 0.29) is 4.90 Å². The minimum atomic E-state index is -3.73. The molecule has 4 rings (SSSR count). The topological polar surface area (TPSA) is 89.6 Å². The lowest BCUT2D eigenvalue weighted by atomic mass is 10.2. The van der Waals surface area contributed by atoms with Crippen LogP contribution in [-0.4, -0.2) is 32.7 Å². The Morgan fingerprint density at radius 1 is 1.00 bits per heavy atom. The maximum absolute atomic E-state index is 12.6. The van der Waals surface area contributed by atoms with Gasteiger partial charge in [-0.3, -0.25) is 4.72 Å². The maximum atomic E-state index is 12.6. The smallest absolute Gasteiger partial charge is 0.262 e. The highest BCUT2D eigenvalue weighted by Gasteiger charge is 2.20. The molecule has 0 radical (unpaired) electrons. The van der Waals surface area contributed by atoms with Crippen molar-refractivity contribution in [3.63, 3.8) is 0 Å². The standard InChI is InChI=1S/C18H21N3O4S/c22-26(23,15-6-7-16-17(11-15)25-10-9-24-16)21-14-5-8-18(19-12-14)20-13-3-1-2-4-13/h5-8,11-13,21H,1-4,9-10H2,(H,19,20). The summed E-state index contributed by atoms with van der Waals surface area (Å²) in [5, 5.41) is 3.38. The number of hydrogen-bond donors (Lipinski definition) is 2. The Labute approximate surface area is 152 Å². The van der Waals surface area contributed by atoms with E-state index < -0.39 is 10.0 Å². The van der Waals surface area contributed by atoms with Gasteiger partial charge in [-0.2, -0.15) is 0 Å². The molecule has 2 aromatic rings. The Morgan fingerprint density at radius 3 is 2.50 bits per heavy atom. The van der Waals surface area contributed by atoms with E-state index in [0.717, 1.165) is 18.7 Å². The van der Waals surface area contributed by atoms with Gasteiger partial charge in [-0.1, -0.05) is 12.8 Å². The average molecular weight is 375 g/mol. The Hall–Kier alpha value is -2.48. The first-order valence-corrected chi connectivity index (χ1v) is 10.2. The van der Waals surface area contributed by atoms with E-state index in [2.05, 4.69) is 15.0 Å². The molecule has 1 fully saturated rings. The van der Waals surface area contributed by atoms with E-state index in [1.54, 1.807) is 18.2 Å². The summed E-state index contributed by atoms with van der Waals surface area (Å²) in [7, 11) is -3.73. The Morgan fingerprint density at radius 2 is 1.77 bits per heavy atom. The molecule has 0 unspecified atom stereocenters. The van der Waals surface area contributed by atoms with Gasteiger partial charge >= 0.3 is 0 Å². The van der Waals surface area contributed by atoms with Crippen molar-refractivity contribution in [3.8, 4) is 11.5 Å². The van der Waals surface area contributed by atoms with Crippen LogP contribution in [0.15, 0.2) is 41.4 Å². The molecule has 0 bridgehead atoms. The lowest BCUT2D eigenvalue weighted by Gasteiger charge is -2.19. The number of sulfonamides is 1. The fourth-order valence-corrected chi connectivity index (χ4v) is 4.28. The van der Waals surface area contributed by atoms with Crippen LogP contribution in [0.3, 0.4) is 0 Å². The third-order valence-electron chi connectivity index (χ3n) is 4.55. The van der Waals surface area contributed by atoms with Crippen molar-refractivity contribution in [3.05, 3.63) is 36.5 Å². The molecule has 7 nitrogen and oxygen atoms in total. The number of fused-ring (bicyclic) bond motifs is 1. The van der Waals surface area contributed by atoms with Crippen molar-refractivity contribution >= 4 is 21.5 Å². The van der Waals surface area contributed by atoms with Crippen molar-refractivity contribution in [2.75, 3.05) is 23.3 Å². The van der Waals surface area contributed by atoms with Gasteiger partial charge in [0.2, 0.25) is 0 Å². The quantitative estimate of drug-likeness (QED) is 0.835. The van der Waals surface area contributed by atoms with E-state index in [0.29, 0.717) is 36.4 Å². The summed E-state index contributed by atoms with van der Waals surface area (Å²) in [6.45, 7) is 0.869. The first kappa shape index (κ1) is 17.0. The number of nitrogens with zero attached hydrogens (tertiary/aromatic N) is 1. The molecule has 1 aromatic heterocycles. The normalized spacial score (nSPS) is 17.1. The number of aromatic nitrogens is 1. The number of benzene rings is 1. The van der Waals surface area contributed by atoms with Crippen LogP contribution < -0.4 is 19.5 Å². The zero-order chi connectivity index (χ0) is 18.0. The Bertz CT molecular complexity index is 878. The molecule has 0 saturated heterocycles. The van der Waals surface area contributed by atoms with Crippen LogP contribution in [0.2, 0.25) is 0 Å². The van der Waals surface area contributed by atoms with Gasteiger partial charge in [0.1, 0.15) is 19.0 Å². The molecule has 26 heavy (non-hydrogen) atoms. The minimum Gasteiger partial charge on any atom is -0.486 e. The molecule has 0 spiro atoms. The second kappa shape index (κ2) is 7.03. The highest BCUT2D eigenvalue weighted by molar-refractivity contribution is 7.92. The molecule has 1 aliphatic carbocycles. The molecule has 2 heterocycles. The number of ether oxygens (including phenoxy) is 2. The fraction of sp³-hybridized carbons (Fsp3) is 0.389. The maximum Gasteiger partial charge on any atom is 0.262 e. The number of pyridine rings is 1. The third kappa shape index (κ3) is 3.70. The Balaban J connectivity index is 1.47. The summed E-state index contributed by atoms with van der Waals surface area (Å²) in [6.07, 6.45) is 6.31. The zero-order valence-electron chi connectivity index (χ0n) is 14.3. The van der Waals surface area contributed by atoms with Gasteiger partial charge in [0, 0.05) is 12.1 Å². The lowest BCUT2D eigenvalue weighted by Crippen LogP contribution is -2.18. The average Bonchev–Trinajstić information content (AvgIpc) is 3.16.